The van der Waals surface area contributed by atoms with Crippen LogP contribution in [0.3, 0.4) is 0 Å². The first-order chi connectivity index (χ1) is 6.75. The molecule has 1 fully saturated rings. The highest BCUT2D eigenvalue weighted by Gasteiger charge is 2.21. The molecule has 0 unspecified atom stereocenters. The quantitative estimate of drug-likeness (QED) is 0.640. The highest BCUT2D eigenvalue weighted by Crippen LogP contribution is 2.33. The summed E-state index contributed by atoms with van der Waals surface area (Å²) in [4.78, 5) is 0. The largest absolute Gasteiger partial charge is 0.247 e. The summed E-state index contributed by atoms with van der Waals surface area (Å²) in [6, 6.07) is 6.60. The van der Waals surface area contributed by atoms with Crippen molar-refractivity contribution < 1.29 is 8.78 Å². The molecule has 1 saturated carbocycles. The van der Waals surface area contributed by atoms with Gasteiger partial charge in [0.2, 0.25) is 0 Å². The van der Waals surface area contributed by atoms with Gasteiger partial charge in [-0.1, -0.05) is 12.1 Å². The van der Waals surface area contributed by atoms with Crippen LogP contribution in [0.5, 0.6) is 0 Å². The van der Waals surface area contributed by atoms with Crippen molar-refractivity contribution in [2.24, 2.45) is 0 Å². The summed E-state index contributed by atoms with van der Waals surface area (Å²) in [5, 5.41) is 0. The van der Waals surface area contributed by atoms with E-state index >= 15 is 0 Å². The van der Waals surface area contributed by atoms with Crippen molar-refractivity contribution in [3.8, 4) is 0 Å². The van der Waals surface area contributed by atoms with Crippen LogP contribution in [-0.4, -0.2) is 6.17 Å². The first kappa shape index (κ1) is 9.63. The van der Waals surface area contributed by atoms with Crippen LogP contribution in [0.2, 0.25) is 0 Å². The molecule has 76 valence electrons. The van der Waals surface area contributed by atoms with Crippen molar-refractivity contribution in [3.05, 3.63) is 35.6 Å². The smallest absolute Gasteiger partial charge is 0.123 e. The third-order valence-corrected chi connectivity index (χ3v) is 3.00. The Bertz CT molecular complexity index is 284. The summed E-state index contributed by atoms with van der Waals surface area (Å²) in [7, 11) is 0. The number of halogens is 2. The number of rotatable bonds is 1. The molecule has 0 aliphatic heterocycles. The number of hydrogen-bond acceptors (Lipinski definition) is 0. The van der Waals surface area contributed by atoms with Gasteiger partial charge >= 0.3 is 0 Å². The molecule has 0 atom stereocenters. The molecule has 0 radical (unpaired) electrons. The fourth-order valence-electron chi connectivity index (χ4n) is 2.12. The van der Waals surface area contributed by atoms with Gasteiger partial charge in [-0.15, -0.1) is 0 Å². The minimum Gasteiger partial charge on any atom is -0.247 e. The molecule has 2 heteroatoms. The van der Waals surface area contributed by atoms with E-state index in [1.807, 2.05) is 12.1 Å². The second-order valence-electron chi connectivity index (χ2n) is 4.00. The van der Waals surface area contributed by atoms with Crippen molar-refractivity contribution in [1.29, 1.82) is 0 Å². The van der Waals surface area contributed by atoms with Gasteiger partial charge in [-0.05, 0) is 49.3 Å². The standard InChI is InChI=1S/C12H14F2/c13-11-5-1-9(2-6-11)10-3-7-12(14)8-4-10/h1-2,5-6,10,12H,3-4,7-8H2. The fourth-order valence-corrected chi connectivity index (χ4v) is 2.12. The molecule has 0 spiro atoms. The van der Waals surface area contributed by atoms with E-state index in [1.54, 1.807) is 0 Å². The summed E-state index contributed by atoms with van der Waals surface area (Å²) >= 11 is 0. The average molecular weight is 196 g/mol. The summed E-state index contributed by atoms with van der Waals surface area (Å²) < 4.78 is 25.5. The van der Waals surface area contributed by atoms with Gasteiger partial charge < -0.3 is 0 Å². The van der Waals surface area contributed by atoms with Gasteiger partial charge in [0.1, 0.15) is 12.0 Å². The molecule has 1 aromatic carbocycles. The molecule has 0 N–H and O–H groups in total. The zero-order chi connectivity index (χ0) is 9.97. The zero-order valence-corrected chi connectivity index (χ0v) is 8.05. The maximum atomic E-state index is 12.9. The first-order valence-corrected chi connectivity index (χ1v) is 5.15. The zero-order valence-electron chi connectivity index (χ0n) is 8.05. The monoisotopic (exact) mass is 196 g/mol. The van der Waals surface area contributed by atoms with Gasteiger partial charge in [0, 0.05) is 0 Å². The van der Waals surface area contributed by atoms with Gasteiger partial charge in [0.15, 0.2) is 0 Å². The van der Waals surface area contributed by atoms with Crippen LogP contribution < -0.4 is 0 Å². The van der Waals surface area contributed by atoms with E-state index in [-0.39, 0.29) is 5.82 Å². The molecule has 0 amide bonds. The fraction of sp³-hybridized carbons (Fsp3) is 0.500. The molecule has 0 heterocycles. The number of benzene rings is 1. The molecule has 0 aromatic heterocycles. The Kier molecular flexibility index (Phi) is 2.80. The molecule has 1 aliphatic carbocycles. The maximum absolute atomic E-state index is 12.9. The second-order valence-corrected chi connectivity index (χ2v) is 4.00. The normalized spacial score (nSPS) is 27.6. The number of hydrogen-bond donors (Lipinski definition) is 0. The Labute approximate surface area is 82.9 Å². The van der Waals surface area contributed by atoms with Crippen LogP contribution >= 0.6 is 0 Å². The van der Waals surface area contributed by atoms with E-state index in [0.717, 1.165) is 18.4 Å². The molecule has 1 aromatic rings. The third-order valence-electron chi connectivity index (χ3n) is 3.00. The molecule has 1 aliphatic rings. The summed E-state index contributed by atoms with van der Waals surface area (Å²) in [6.07, 6.45) is 2.48. The van der Waals surface area contributed by atoms with Crippen molar-refractivity contribution in [1.82, 2.24) is 0 Å². The third kappa shape index (κ3) is 2.11. The maximum Gasteiger partial charge on any atom is 0.123 e. The Balaban J connectivity index is 2.05. The molecule has 0 bridgehead atoms. The molecule has 0 saturated heterocycles. The predicted molar refractivity (Wildman–Crippen MR) is 52.5 cm³/mol. The second kappa shape index (κ2) is 4.07. The van der Waals surface area contributed by atoms with Gasteiger partial charge in [-0.2, -0.15) is 0 Å². The molecular formula is C12H14F2. The van der Waals surface area contributed by atoms with Gasteiger partial charge in [-0.25, -0.2) is 8.78 Å². The van der Waals surface area contributed by atoms with Crippen LogP contribution in [-0.2, 0) is 0 Å². The lowest BCUT2D eigenvalue weighted by Crippen LogP contribution is -2.13. The van der Waals surface area contributed by atoms with Crippen LogP contribution in [0, 0.1) is 5.82 Å². The van der Waals surface area contributed by atoms with Crippen LogP contribution in [0.4, 0.5) is 8.78 Å². The summed E-state index contributed by atoms with van der Waals surface area (Å²) in [5.74, 6) is 0.232. The summed E-state index contributed by atoms with van der Waals surface area (Å²) in [5.41, 5.74) is 1.15. The van der Waals surface area contributed by atoms with Crippen molar-refractivity contribution in [2.75, 3.05) is 0 Å². The van der Waals surface area contributed by atoms with Crippen molar-refractivity contribution in [3.63, 3.8) is 0 Å². The van der Waals surface area contributed by atoms with E-state index in [9.17, 15) is 8.78 Å². The number of alkyl halides is 1. The SMILES string of the molecule is Fc1ccc(C2CCC(F)CC2)cc1. The van der Waals surface area contributed by atoms with E-state index in [4.69, 9.17) is 0 Å². The minimum absolute atomic E-state index is 0.201. The van der Waals surface area contributed by atoms with Crippen LogP contribution in [0.25, 0.3) is 0 Å². The lowest BCUT2D eigenvalue weighted by molar-refractivity contribution is 0.235. The van der Waals surface area contributed by atoms with E-state index in [2.05, 4.69) is 0 Å². The van der Waals surface area contributed by atoms with Gasteiger partial charge in [0.05, 0.1) is 0 Å². The molecule has 0 nitrogen and oxygen atoms in total. The Morgan fingerprint density at radius 3 is 2.07 bits per heavy atom. The Morgan fingerprint density at radius 1 is 0.929 bits per heavy atom. The molecular weight excluding hydrogens is 182 g/mol. The highest BCUT2D eigenvalue weighted by molar-refractivity contribution is 5.20. The lowest BCUT2D eigenvalue weighted by Gasteiger charge is -2.24. The lowest BCUT2D eigenvalue weighted by atomic mass is 9.83. The van der Waals surface area contributed by atoms with Gasteiger partial charge in [-0.3, -0.25) is 0 Å². The van der Waals surface area contributed by atoms with Crippen LogP contribution in [0.1, 0.15) is 37.2 Å². The Morgan fingerprint density at radius 2 is 1.50 bits per heavy atom. The van der Waals surface area contributed by atoms with Crippen molar-refractivity contribution >= 4 is 0 Å². The molecule has 14 heavy (non-hydrogen) atoms. The van der Waals surface area contributed by atoms with E-state index in [0.29, 0.717) is 18.8 Å². The van der Waals surface area contributed by atoms with E-state index in [1.165, 1.54) is 12.1 Å². The van der Waals surface area contributed by atoms with Crippen LogP contribution in [0.15, 0.2) is 24.3 Å². The van der Waals surface area contributed by atoms with Crippen molar-refractivity contribution in [2.45, 2.75) is 37.8 Å². The Hall–Kier alpha value is -0.920. The highest BCUT2D eigenvalue weighted by atomic mass is 19.1. The molecule has 2 rings (SSSR count). The van der Waals surface area contributed by atoms with Gasteiger partial charge in [0.25, 0.3) is 0 Å². The summed E-state index contributed by atoms with van der Waals surface area (Å²) in [6.45, 7) is 0. The predicted octanol–water partition coefficient (Wildman–Crippen LogP) is 3.82. The first-order valence-electron chi connectivity index (χ1n) is 5.15. The minimum atomic E-state index is -0.619. The average Bonchev–Trinajstić information content (AvgIpc) is 2.21. The topological polar surface area (TPSA) is 0 Å². The van der Waals surface area contributed by atoms with E-state index < -0.39 is 6.17 Å².